The smallest absolute Gasteiger partial charge is 0.363 e. The van der Waals surface area contributed by atoms with Gasteiger partial charge in [-0.2, -0.15) is 0 Å². The molecule has 0 aromatic heterocycles. The molecule has 3 aromatic carbocycles. The molecule has 0 atom stereocenters. The SMILES string of the molecule is CC(=O)Nc1ccc(C2=N/C(=C\c3cccc(OCc4ccc(Cl)cc4)c3)C(=O)O2)cc1. The highest BCUT2D eigenvalue weighted by Gasteiger charge is 2.24. The summed E-state index contributed by atoms with van der Waals surface area (Å²) in [6, 6.07) is 21.7. The minimum Gasteiger partial charge on any atom is -0.489 e. The van der Waals surface area contributed by atoms with Crippen molar-refractivity contribution in [2.45, 2.75) is 13.5 Å². The number of benzene rings is 3. The van der Waals surface area contributed by atoms with Crippen LogP contribution in [0.15, 0.2) is 83.5 Å². The molecule has 1 aliphatic heterocycles. The van der Waals surface area contributed by atoms with Crippen LogP contribution in [0.5, 0.6) is 5.75 Å². The monoisotopic (exact) mass is 446 g/mol. The van der Waals surface area contributed by atoms with Crippen LogP contribution < -0.4 is 10.1 Å². The third kappa shape index (κ3) is 5.42. The van der Waals surface area contributed by atoms with E-state index in [9.17, 15) is 9.59 Å². The second-order valence-corrected chi connectivity index (χ2v) is 7.52. The second-order valence-electron chi connectivity index (χ2n) is 7.08. The van der Waals surface area contributed by atoms with E-state index in [1.165, 1.54) is 6.92 Å². The Balaban J connectivity index is 1.47. The number of carbonyl (C=O) groups is 2. The first-order valence-electron chi connectivity index (χ1n) is 9.84. The molecule has 1 amide bonds. The van der Waals surface area contributed by atoms with Crippen LogP contribution in [0.1, 0.15) is 23.6 Å². The Kier molecular flexibility index (Phi) is 6.33. The number of carbonyl (C=O) groups excluding carboxylic acids is 2. The number of amides is 1. The molecule has 1 aliphatic rings. The number of nitrogens with one attached hydrogen (secondary N) is 1. The van der Waals surface area contributed by atoms with Crippen molar-refractivity contribution in [2.75, 3.05) is 5.32 Å². The molecule has 4 rings (SSSR count). The summed E-state index contributed by atoms with van der Waals surface area (Å²) in [6.45, 7) is 1.83. The van der Waals surface area contributed by atoms with Gasteiger partial charge in [0, 0.05) is 23.2 Å². The van der Waals surface area contributed by atoms with Gasteiger partial charge in [-0.3, -0.25) is 4.79 Å². The summed E-state index contributed by atoms with van der Waals surface area (Å²) in [5, 5.41) is 3.36. The van der Waals surface area contributed by atoms with Crippen LogP contribution in [0, 0.1) is 0 Å². The minimum absolute atomic E-state index is 0.160. The number of hydrogen-bond acceptors (Lipinski definition) is 5. The van der Waals surface area contributed by atoms with Gasteiger partial charge in [0.05, 0.1) is 0 Å². The first-order valence-corrected chi connectivity index (χ1v) is 10.2. The van der Waals surface area contributed by atoms with E-state index in [2.05, 4.69) is 10.3 Å². The Morgan fingerprint density at radius 3 is 2.56 bits per heavy atom. The van der Waals surface area contributed by atoms with Crippen molar-refractivity contribution in [3.05, 3.63) is 100 Å². The molecule has 0 radical (unpaired) electrons. The number of aliphatic imine (C=N–C) groups is 1. The summed E-state index contributed by atoms with van der Waals surface area (Å²) < 4.78 is 11.2. The second kappa shape index (κ2) is 9.49. The third-order valence-electron chi connectivity index (χ3n) is 4.55. The summed E-state index contributed by atoms with van der Waals surface area (Å²) in [7, 11) is 0. The average Bonchev–Trinajstić information content (AvgIpc) is 3.14. The molecule has 0 spiro atoms. The zero-order valence-electron chi connectivity index (χ0n) is 17.2. The highest BCUT2D eigenvalue weighted by Crippen LogP contribution is 2.23. The maximum atomic E-state index is 12.3. The molecule has 3 aromatic rings. The molecule has 0 fully saturated rings. The van der Waals surface area contributed by atoms with E-state index in [0.717, 1.165) is 11.1 Å². The summed E-state index contributed by atoms with van der Waals surface area (Å²) in [4.78, 5) is 27.8. The molecule has 0 aliphatic carbocycles. The standard InChI is InChI=1S/C25H19ClN2O4/c1-16(29)27-21-11-7-19(8-12-21)24-28-23(25(30)32-24)14-18-3-2-4-22(13-18)31-15-17-5-9-20(26)10-6-17/h2-14H,15H2,1H3,(H,27,29)/b23-14-. The maximum Gasteiger partial charge on any atom is 0.363 e. The van der Waals surface area contributed by atoms with E-state index in [-0.39, 0.29) is 17.5 Å². The number of cyclic esters (lactones) is 1. The quantitative estimate of drug-likeness (QED) is 0.416. The summed E-state index contributed by atoms with van der Waals surface area (Å²) in [5.41, 5.74) is 3.24. The Hall–Kier alpha value is -3.90. The summed E-state index contributed by atoms with van der Waals surface area (Å²) >= 11 is 5.91. The van der Waals surface area contributed by atoms with Crippen molar-refractivity contribution in [1.82, 2.24) is 0 Å². The third-order valence-corrected chi connectivity index (χ3v) is 4.80. The molecule has 32 heavy (non-hydrogen) atoms. The lowest BCUT2D eigenvalue weighted by molar-refractivity contribution is -0.129. The highest BCUT2D eigenvalue weighted by atomic mass is 35.5. The molecular weight excluding hydrogens is 428 g/mol. The first kappa shape index (κ1) is 21.3. The van der Waals surface area contributed by atoms with Gasteiger partial charge in [0.15, 0.2) is 5.70 Å². The van der Waals surface area contributed by atoms with Gasteiger partial charge in [-0.15, -0.1) is 0 Å². The molecule has 160 valence electrons. The average molecular weight is 447 g/mol. The number of anilines is 1. The lowest BCUT2D eigenvalue weighted by atomic mass is 10.2. The zero-order valence-corrected chi connectivity index (χ0v) is 17.9. The van der Waals surface area contributed by atoms with E-state index >= 15 is 0 Å². The number of rotatable bonds is 6. The maximum absolute atomic E-state index is 12.3. The fraction of sp³-hybridized carbons (Fsp3) is 0.0800. The van der Waals surface area contributed by atoms with Gasteiger partial charge in [-0.05, 0) is 65.7 Å². The van der Waals surface area contributed by atoms with Crippen LogP contribution >= 0.6 is 11.6 Å². The molecule has 0 saturated carbocycles. The summed E-state index contributed by atoms with van der Waals surface area (Å²) in [6.07, 6.45) is 1.65. The van der Waals surface area contributed by atoms with Gasteiger partial charge in [0.25, 0.3) is 0 Å². The van der Waals surface area contributed by atoms with Gasteiger partial charge < -0.3 is 14.8 Å². The van der Waals surface area contributed by atoms with Crippen molar-refractivity contribution in [2.24, 2.45) is 4.99 Å². The van der Waals surface area contributed by atoms with E-state index in [1.807, 2.05) is 48.5 Å². The fourth-order valence-electron chi connectivity index (χ4n) is 3.03. The van der Waals surface area contributed by atoms with Gasteiger partial charge in [0.1, 0.15) is 12.4 Å². The van der Waals surface area contributed by atoms with Crippen LogP contribution in [-0.2, 0) is 20.9 Å². The lowest BCUT2D eigenvalue weighted by Gasteiger charge is -2.07. The van der Waals surface area contributed by atoms with Crippen molar-refractivity contribution >= 4 is 41.1 Å². The molecule has 0 unspecified atom stereocenters. The number of ether oxygens (including phenoxy) is 2. The van der Waals surface area contributed by atoms with Crippen LogP contribution in [0.2, 0.25) is 5.02 Å². The number of halogens is 1. The van der Waals surface area contributed by atoms with Gasteiger partial charge in [0.2, 0.25) is 11.8 Å². The molecule has 0 bridgehead atoms. The van der Waals surface area contributed by atoms with Crippen LogP contribution in [0.25, 0.3) is 6.08 Å². The van der Waals surface area contributed by atoms with Crippen molar-refractivity contribution < 1.29 is 19.1 Å². The largest absolute Gasteiger partial charge is 0.489 e. The minimum atomic E-state index is -0.529. The zero-order chi connectivity index (χ0) is 22.5. The molecule has 1 N–H and O–H groups in total. The predicted molar refractivity (Wildman–Crippen MR) is 124 cm³/mol. The van der Waals surface area contributed by atoms with Crippen molar-refractivity contribution in [3.8, 4) is 5.75 Å². The number of nitrogens with zero attached hydrogens (tertiary/aromatic N) is 1. The van der Waals surface area contributed by atoms with Crippen LogP contribution in [0.4, 0.5) is 5.69 Å². The van der Waals surface area contributed by atoms with E-state index in [0.29, 0.717) is 28.6 Å². The first-order chi connectivity index (χ1) is 15.5. The predicted octanol–water partition coefficient (Wildman–Crippen LogP) is 5.22. The van der Waals surface area contributed by atoms with E-state index in [1.54, 1.807) is 30.3 Å². The van der Waals surface area contributed by atoms with Crippen LogP contribution in [-0.4, -0.2) is 17.8 Å². The van der Waals surface area contributed by atoms with E-state index in [4.69, 9.17) is 21.1 Å². The Bertz CT molecular complexity index is 1220. The molecule has 0 saturated heterocycles. The fourth-order valence-corrected chi connectivity index (χ4v) is 3.16. The lowest BCUT2D eigenvalue weighted by Crippen LogP contribution is -2.07. The molecule has 1 heterocycles. The molecular formula is C25H19ClN2O4. The topological polar surface area (TPSA) is 77.0 Å². The van der Waals surface area contributed by atoms with Crippen molar-refractivity contribution in [3.63, 3.8) is 0 Å². The van der Waals surface area contributed by atoms with Gasteiger partial charge in [-0.1, -0.05) is 35.9 Å². The number of esters is 1. The van der Waals surface area contributed by atoms with E-state index < -0.39 is 5.97 Å². The van der Waals surface area contributed by atoms with Crippen LogP contribution in [0.3, 0.4) is 0 Å². The Morgan fingerprint density at radius 1 is 1.09 bits per heavy atom. The number of hydrogen-bond donors (Lipinski definition) is 1. The Morgan fingerprint density at radius 2 is 1.84 bits per heavy atom. The van der Waals surface area contributed by atoms with Crippen molar-refractivity contribution in [1.29, 1.82) is 0 Å². The molecule has 6 nitrogen and oxygen atoms in total. The Labute approximate surface area is 190 Å². The normalized spacial score (nSPS) is 14.1. The summed E-state index contributed by atoms with van der Waals surface area (Å²) in [5.74, 6) is 0.189. The molecule has 7 heteroatoms. The van der Waals surface area contributed by atoms with Gasteiger partial charge >= 0.3 is 5.97 Å². The van der Waals surface area contributed by atoms with Gasteiger partial charge in [-0.25, -0.2) is 9.79 Å². The highest BCUT2D eigenvalue weighted by molar-refractivity contribution is 6.30.